The molecule has 2 aliphatic rings. The molecule has 0 bridgehead atoms. The first-order valence-electron chi connectivity index (χ1n) is 7.13. The van der Waals surface area contributed by atoms with Crippen LogP contribution in [-0.4, -0.2) is 70.0 Å². The van der Waals surface area contributed by atoms with Crippen molar-refractivity contribution in [2.45, 2.75) is 25.3 Å². The van der Waals surface area contributed by atoms with Gasteiger partial charge in [0.15, 0.2) is 0 Å². The van der Waals surface area contributed by atoms with E-state index >= 15 is 0 Å². The molecule has 8 heteroatoms. The fourth-order valence-electron chi connectivity index (χ4n) is 2.93. The Morgan fingerprint density at radius 1 is 1.29 bits per heavy atom. The number of carbonyl (C=O) groups excluding carboxylic acids is 2. The number of piperidine rings is 1. The molecule has 2 heterocycles. The minimum atomic E-state index is -0.886. The summed E-state index contributed by atoms with van der Waals surface area (Å²) in [6.07, 6.45) is 1.46. The van der Waals surface area contributed by atoms with Crippen molar-refractivity contribution < 1.29 is 19.5 Å². The lowest BCUT2D eigenvalue weighted by Crippen LogP contribution is -2.53. The number of likely N-dealkylation sites (tertiary alicyclic amines) is 1. The van der Waals surface area contributed by atoms with Crippen molar-refractivity contribution in [1.29, 1.82) is 0 Å². The Hall–Kier alpha value is -1.44. The van der Waals surface area contributed by atoms with E-state index in [9.17, 15) is 14.4 Å². The third-order valence-corrected chi connectivity index (χ3v) is 5.09. The molecule has 0 saturated carbocycles. The molecule has 118 valence electrons. The third-order valence-electron chi connectivity index (χ3n) is 4.00. The SMILES string of the molecule is NC(=O)N1CCCC(C(=O)N2CCSCC2CC(=O)O)C1. The number of nitrogens with zero attached hydrogens (tertiary/aromatic N) is 2. The minimum absolute atomic E-state index is 0.0228. The number of hydrogen-bond acceptors (Lipinski definition) is 4. The molecule has 2 aliphatic heterocycles. The first kappa shape index (κ1) is 15.9. The highest BCUT2D eigenvalue weighted by molar-refractivity contribution is 7.99. The molecule has 2 atom stereocenters. The van der Waals surface area contributed by atoms with Crippen LogP contribution < -0.4 is 5.73 Å². The molecule has 0 aromatic carbocycles. The maximum Gasteiger partial charge on any atom is 0.314 e. The second-order valence-corrected chi connectivity index (χ2v) is 6.63. The lowest BCUT2D eigenvalue weighted by atomic mass is 9.95. The molecule has 0 aromatic rings. The van der Waals surface area contributed by atoms with Gasteiger partial charge in [-0.2, -0.15) is 11.8 Å². The van der Waals surface area contributed by atoms with Crippen molar-refractivity contribution in [2.24, 2.45) is 11.7 Å². The van der Waals surface area contributed by atoms with Crippen molar-refractivity contribution in [1.82, 2.24) is 9.80 Å². The molecule has 0 aliphatic carbocycles. The highest BCUT2D eigenvalue weighted by Gasteiger charge is 2.35. The van der Waals surface area contributed by atoms with Crippen LogP contribution in [0.3, 0.4) is 0 Å². The van der Waals surface area contributed by atoms with Crippen LogP contribution in [0, 0.1) is 5.92 Å². The molecule has 3 amide bonds. The van der Waals surface area contributed by atoms with Crippen LogP contribution in [0.5, 0.6) is 0 Å². The lowest BCUT2D eigenvalue weighted by Gasteiger charge is -2.39. The van der Waals surface area contributed by atoms with Crippen molar-refractivity contribution in [3.8, 4) is 0 Å². The Morgan fingerprint density at radius 2 is 2.05 bits per heavy atom. The van der Waals surface area contributed by atoms with Crippen LogP contribution in [0.2, 0.25) is 0 Å². The molecule has 2 fully saturated rings. The fourth-order valence-corrected chi connectivity index (χ4v) is 3.99. The van der Waals surface area contributed by atoms with Crippen LogP contribution in [0.1, 0.15) is 19.3 Å². The Kier molecular flexibility index (Phi) is 5.33. The molecular formula is C13H21N3O4S. The van der Waals surface area contributed by atoms with Crippen LogP contribution in [-0.2, 0) is 9.59 Å². The van der Waals surface area contributed by atoms with Gasteiger partial charge in [-0.3, -0.25) is 9.59 Å². The molecule has 2 rings (SSSR count). The summed E-state index contributed by atoms with van der Waals surface area (Å²) in [6, 6.07) is -0.749. The predicted molar refractivity (Wildman–Crippen MR) is 79.0 cm³/mol. The topological polar surface area (TPSA) is 104 Å². The number of aliphatic carboxylic acids is 1. The van der Waals surface area contributed by atoms with E-state index in [2.05, 4.69) is 0 Å². The zero-order chi connectivity index (χ0) is 15.4. The van der Waals surface area contributed by atoms with Gasteiger partial charge in [0, 0.05) is 31.1 Å². The van der Waals surface area contributed by atoms with E-state index in [0.29, 0.717) is 25.4 Å². The molecule has 21 heavy (non-hydrogen) atoms. The van der Waals surface area contributed by atoms with E-state index in [-0.39, 0.29) is 24.3 Å². The highest BCUT2D eigenvalue weighted by Crippen LogP contribution is 2.25. The first-order chi connectivity index (χ1) is 9.99. The molecule has 2 saturated heterocycles. The van der Waals surface area contributed by atoms with Gasteiger partial charge in [0.05, 0.1) is 18.4 Å². The summed E-state index contributed by atoms with van der Waals surface area (Å²) in [6.45, 7) is 1.51. The Balaban J connectivity index is 2.02. The van der Waals surface area contributed by atoms with Gasteiger partial charge >= 0.3 is 12.0 Å². The van der Waals surface area contributed by atoms with E-state index in [1.807, 2.05) is 0 Å². The molecule has 0 radical (unpaired) electrons. The standard InChI is InChI=1S/C13H21N3O4S/c14-13(20)15-3-1-2-9(7-15)12(19)16-4-5-21-8-10(16)6-11(17)18/h9-10H,1-8H2,(H2,14,20)(H,17,18). The first-order valence-corrected chi connectivity index (χ1v) is 8.29. The number of thioether (sulfide) groups is 1. The lowest BCUT2D eigenvalue weighted by molar-refractivity contribution is -0.142. The summed E-state index contributed by atoms with van der Waals surface area (Å²) < 4.78 is 0. The Labute approximate surface area is 127 Å². The fraction of sp³-hybridized carbons (Fsp3) is 0.769. The summed E-state index contributed by atoms with van der Waals surface area (Å²) in [4.78, 5) is 38.0. The van der Waals surface area contributed by atoms with Gasteiger partial charge in [-0.15, -0.1) is 0 Å². The molecule has 0 aromatic heterocycles. The second-order valence-electron chi connectivity index (χ2n) is 5.48. The maximum absolute atomic E-state index is 12.7. The number of hydrogen-bond donors (Lipinski definition) is 2. The predicted octanol–water partition coefficient (Wildman–Crippen LogP) is 0.196. The number of nitrogens with two attached hydrogens (primary N) is 1. The van der Waals surface area contributed by atoms with Gasteiger partial charge in [0.25, 0.3) is 0 Å². The summed E-state index contributed by atoms with van der Waals surface area (Å²) in [5.74, 6) is 0.305. The highest BCUT2D eigenvalue weighted by atomic mass is 32.2. The van der Waals surface area contributed by atoms with Crippen LogP contribution in [0.4, 0.5) is 4.79 Å². The van der Waals surface area contributed by atoms with Crippen molar-refractivity contribution in [2.75, 3.05) is 31.1 Å². The van der Waals surface area contributed by atoms with Crippen LogP contribution >= 0.6 is 11.8 Å². The third kappa shape index (κ3) is 4.03. The zero-order valence-electron chi connectivity index (χ0n) is 11.9. The summed E-state index contributed by atoms with van der Waals surface area (Å²) in [7, 11) is 0. The van der Waals surface area contributed by atoms with E-state index in [0.717, 1.165) is 18.6 Å². The number of amides is 3. The van der Waals surface area contributed by atoms with Crippen LogP contribution in [0.15, 0.2) is 0 Å². The van der Waals surface area contributed by atoms with Crippen LogP contribution in [0.25, 0.3) is 0 Å². The largest absolute Gasteiger partial charge is 0.481 e. The molecule has 7 nitrogen and oxygen atoms in total. The van der Waals surface area contributed by atoms with Gasteiger partial charge in [-0.25, -0.2) is 4.79 Å². The monoisotopic (exact) mass is 315 g/mol. The second kappa shape index (κ2) is 7.02. The maximum atomic E-state index is 12.7. The van der Waals surface area contributed by atoms with Gasteiger partial charge in [0.1, 0.15) is 0 Å². The number of carbonyl (C=O) groups is 3. The number of carboxylic acids is 1. The Bertz CT molecular complexity index is 432. The zero-order valence-corrected chi connectivity index (χ0v) is 12.7. The average Bonchev–Trinajstić information content (AvgIpc) is 2.46. The molecule has 0 spiro atoms. The Morgan fingerprint density at radius 3 is 2.71 bits per heavy atom. The van der Waals surface area contributed by atoms with Crippen molar-refractivity contribution in [3.63, 3.8) is 0 Å². The number of rotatable bonds is 3. The average molecular weight is 315 g/mol. The molecule has 2 unspecified atom stereocenters. The summed E-state index contributed by atoms with van der Waals surface area (Å²) >= 11 is 1.68. The van der Waals surface area contributed by atoms with Gasteiger partial charge in [0.2, 0.25) is 5.91 Å². The van der Waals surface area contributed by atoms with Gasteiger partial charge in [-0.05, 0) is 12.8 Å². The van der Waals surface area contributed by atoms with Gasteiger partial charge < -0.3 is 20.6 Å². The van der Waals surface area contributed by atoms with E-state index in [4.69, 9.17) is 10.8 Å². The number of urea groups is 1. The van der Waals surface area contributed by atoms with Crippen molar-refractivity contribution in [3.05, 3.63) is 0 Å². The normalized spacial score (nSPS) is 26.5. The molecular weight excluding hydrogens is 294 g/mol. The number of carboxylic acid groups (broad SMARTS) is 1. The molecule has 3 N–H and O–H groups in total. The van der Waals surface area contributed by atoms with E-state index < -0.39 is 12.0 Å². The smallest absolute Gasteiger partial charge is 0.314 e. The van der Waals surface area contributed by atoms with Gasteiger partial charge in [-0.1, -0.05) is 0 Å². The quantitative estimate of drug-likeness (QED) is 0.774. The van der Waals surface area contributed by atoms with E-state index in [1.54, 1.807) is 16.7 Å². The minimum Gasteiger partial charge on any atom is -0.481 e. The van der Waals surface area contributed by atoms with E-state index in [1.165, 1.54) is 4.90 Å². The summed E-state index contributed by atoms with van der Waals surface area (Å²) in [5, 5.41) is 8.97. The summed E-state index contributed by atoms with van der Waals surface area (Å²) in [5.41, 5.74) is 5.28. The van der Waals surface area contributed by atoms with Crippen molar-refractivity contribution >= 4 is 29.7 Å². The number of primary amides is 1.